The molecule has 6 atom stereocenters. The van der Waals surface area contributed by atoms with Crippen molar-refractivity contribution in [1.82, 2.24) is 20.2 Å². The van der Waals surface area contributed by atoms with E-state index in [1.54, 1.807) is 12.4 Å². The Bertz CT molecular complexity index is 1750. The SMILES string of the molecule is C=CC1CN2CCC1CC2C(=O)c1ccnc2ccc(C)cc12.C=CC1CNCCC1CCC(=O)c1ccnc2ccc(C)cc12. The molecule has 1 N–H and O–H groups in total. The molecule has 4 fully saturated rings. The van der Waals surface area contributed by atoms with Gasteiger partial charge in [0.1, 0.15) is 0 Å². The maximum Gasteiger partial charge on any atom is 0.180 e. The molecule has 46 heavy (non-hydrogen) atoms. The molecule has 238 valence electrons. The smallest absolute Gasteiger partial charge is 0.180 e. The van der Waals surface area contributed by atoms with E-state index in [9.17, 15) is 9.59 Å². The molecule has 0 radical (unpaired) electrons. The van der Waals surface area contributed by atoms with Gasteiger partial charge in [-0.1, -0.05) is 35.4 Å². The molecule has 2 aromatic carbocycles. The fourth-order valence-corrected chi connectivity index (χ4v) is 7.79. The molecular formula is C40H46N4O2. The van der Waals surface area contributed by atoms with Gasteiger partial charge in [-0.2, -0.15) is 0 Å². The highest BCUT2D eigenvalue weighted by atomic mass is 16.1. The Labute approximate surface area is 273 Å². The first-order valence-electron chi connectivity index (χ1n) is 16.8. The van der Waals surface area contributed by atoms with Gasteiger partial charge in [-0.15, -0.1) is 13.2 Å². The highest BCUT2D eigenvalue weighted by Gasteiger charge is 2.42. The van der Waals surface area contributed by atoms with Gasteiger partial charge in [-0.25, -0.2) is 0 Å². The lowest BCUT2D eigenvalue weighted by Gasteiger charge is -2.48. The maximum absolute atomic E-state index is 13.2. The van der Waals surface area contributed by atoms with E-state index in [-0.39, 0.29) is 17.6 Å². The number of nitrogens with zero attached hydrogens (tertiary/aromatic N) is 3. The molecule has 6 unspecified atom stereocenters. The van der Waals surface area contributed by atoms with Gasteiger partial charge in [-0.05, 0) is 113 Å². The summed E-state index contributed by atoms with van der Waals surface area (Å²) in [6.07, 6.45) is 12.4. The van der Waals surface area contributed by atoms with Gasteiger partial charge in [0.15, 0.2) is 11.6 Å². The third kappa shape index (κ3) is 6.74. The summed E-state index contributed by atoms with van der Waals surface area (Å²) < 4.78 is 0. The molecule has 2 aromatic heterocycles. The topological polar surface area (TPSA) is 75.2 Å². The molecular weight excluding hydrogens is 568 g/mol. The number of aromatic nitrogens is 2. The number of fused-ring (bicyclic) bond motifs is 5. The number of aryl methyl sites for hydroxylation is 2. The van der Waals surface area contributed by atoms with Crippen LogP contribution in [0.25, 0.3) is 21.8 Å². The van der Waals surface area contributed by atoms with Crippen molar-refractivity contribution in [3.8, 4) is 0 Å². The lowest BCUT2D eigenvalue weighted by Crippen LogP contribution is -2.55. The van der Waals surface area contributed by atoms with Crippen LogP contribution in [-0.4, -0.2) is 58.7 Å². The zero-order valence-electron chi connectivity index (χ0n) is 27.3. The number of benzene rings is 2. The van der Waals surface area contributed by atoms with E-state index in [0.717, 1.165) is 89.5 Å². The molecule has 2 bridgehead atoms. The van der Waals surface area contributed by atoms with Gasteiger partial charge in [-0.3, -0.25) is 24.5 Å². The summed E-state index contributed by atoms with van der Waals surface area (Å²) in [5, 5.41) is 5.36. The van der Waals surface area contributed by atoms with Crippen LogP contribution in [0.15, 0.2) is 86.2 Å². The number of piperidine rings is 4. The highest BCUT2D eigenvalue weighted by molar-refractivity contribution is 6.10. The Balaban J connectivity index is 0.000000162. The van der Waals surface area contributed by atoms with Gasteiger partial charge >= 0.3 is 0 Å². The van der Waals surface area contributed by atoms with Crippen molar-refractivity contribution < 1.29 is 9.59 Å². The van der Waals surface area contributed by atoms with Crippen molar-refractivity contribution in [3.63, 3.8) is 0 Å². The van der Waals surface area contributed by atoms with E-state index >= 15 is 0 Å². The third-order valence-electron chi connectivity index (χ3n) is 10.5. The predicted molar refractivity (Wildman–Crippen MR) is 187 cm³/mol. The number of hydrogen-bond donors (Lipinski definition) is 1. The molecule has 4 saturated heterocycles. The molecule has 4 aliphatic heterocycles. The van der Waals surface area contributed by atoms with Gasteiger partial charge in [0.2, 0.25) is 0 Å². The second-order valence-corrected chi connectivity index (χ2v) is 13.4. The van der Waals surface area contributed by atoms with Crippen LogP contribution in [0.3, 0.4) is 0 Å². The van der Waals surface area contributed by atoms with Crippen LogP contribution in [0, 0.1) is 37.5 Å². The van der Waals surface area contributed by atoms with Crippen molar-refractivity contribution in [3.05, 3.63) is 108 Å². The van der Waals surface area contributed by atoms with E-state index in [1.165, 1.54) is 6.42 Å². The van der Waals surface area contributed by atoms with E-state index in [0.29, 0.717) is 30.1 Å². The van der Waals surface area contributed by atoms with Crippen LogP contribution < -0.4 is 5.32 Å². The molecule has 0 amide bonds. The second-order valence-electron chi connectivity index (χ2n) is 13.4. The van der Waals surface area contributed by atoms with Crippen molar-refractivity contribution >= 4 is 33.4 Å². The molecule has 6 nitrogen and oxygen atoms in total. The van der Waals surface area contributed by atoms with Crippen LogP contribution >= 0.6 is 0 Å². The maximum atomic E-state index is 13.2. The minimum atomic E-state index is 0.0241. The molecule has 0 spiro atoms. The van der Waals surface area contributed by atoms with Gasteiger partial charge in [0.05, 0.1) is 17.1 Å². The summed E-state index contributed by atoms with van der Waals surface area (Å²) in [5.41, 5.74) is 5.75. The Hall–Kier alpha value is -4.00. The van der Waals surface area contributed by atoms with E-state index in [2.05, 4.69) is 58.5 Å². The number of nitrogens with one attached hydrogen (secondary N) is 1. The molecule has 4 aromatic rings. The third-order valence-corrected chi connectivity index (χ3v) is 10.5. The standard InChI is InChI=1S/C20H22N2O.C20H24N2O/c1-3-14-12-22-9-7-15(14)11-19(22)20(23)16-6-8-21-18-5-4-13(2)10-17(16)18;1-3-15-13-21-10-8-16(15)5-7-20(23)17-9-11-22-19-6-4-14(2)12-18(17)19/h3-6,8,10,14-15,19H,1,7,9,11-12H2,2H3;3-4,6,9,11-12,15-16,21H,1,5,7-8,10,13H2,2H3. The zero-order valence-corrected chi connectivity index (χ0v) is 27.3. The van der Waals surface area contributed by atoms with Crippen molar-refractivity contribution in [2.24, 2.45) is 23.7 Å². The number of pyridine rings is 2. The average Bonchev–Trinajstić information content (AvgIpc) is 3.10. The molecule has 4 aliphatic rings. The molecule has 0 saturated carbocycles. The van der Waals surface area contributed by atoms with E-state index < -0.39 is 0 Å². The first-order valence-corrected chi connectivity index (χ1v) is 16.8. The summed E-state index contributed by atoms with van der Waals surface area (Å²) in [4.78, 5) is 37.1. The molecule has 6 heterocycles. The van der Waals surface area contributed by atoms with Crippen LogP contribution in [0.5, 0.6) is 0 Å². The normalized spacial score (nSPS) is 25.4. The number of ketones is 2. The van der Waals surface area contributed by atoms with Gasteiger partial charge in [0, 0.05) is 53.8 Å². The second kappa shape index (κ2) is 14.2. The minimum absolute atomic E-state index is 0.0241. The Morgan fingerprint density at radius 3 is 2.17 bits per heavy atom. The fourth-order valence-electron chi connectivity index (χ4n) is 7.79. The number of carbonyl (C=O) groups is 2. The first-order chi connectivity index (χ1) is 22.4. The number of rotatable bonds is 8. The van der Waals surface area contributed by atoms with E-state index in [4.69, 9.17) is 0 Å². The predicted octanol–water partition coefficient (Wildman–Crippen LogP) is 7.54. The summed E-state index contributed by atoms with van der Waals surface area (Å²) in [7, 11) is 0. The van der Waals surface area contributed by atoms with Crippen molar-refractivity contribution in [2.45, 2.75) is 52.0 Å². The summed E-state index contributed by atoms with van der Waals surface area (Å²) in [6, 6.07) is 16.0. The summed E-state index contributed by atoms with van der Waals surface area (Å²) in [5.74, 6) is 2.69. The summed E-state index contributed by atoms with van der Waals surface area (Å²) >= 11 is 0. The molecule has 0 aliphatic carbocycles. The first kappa shape index (κ1) is 32.0. The largest absolute Gasteiger partial charge is 0.316 e. The van der Waals surface area contributed by atoms with Crippen LogP contribution in [0.1, 0.15) is 63.9 Å². The average molecular weight is 615 g/mol. The highest BCUT2D eigenvalue weighted by Crippen LogP contribution is 2.38. The lowest BCUT2D eigenvalue weighted by atomic mass is 9.74. The Morgan fingerprint density at radius 1 is 0.891 bits per heavy atom. The monoisotopic (exact) mass is 614 g/mol. The molecule has 6 heteroatoms. The van der Waals surface area contributed by atoms with Gasteiger partial charge in [0.25, 0.3) is 0 Å². The number of carbonyl (C=O) groups excluding carboxylic acids is 2. The zero-order chi connectivity index (χ0) is 32.2. The number of Topliss-reactive ketones (excluding diaryl/α,β-unsaturated/α-hetero) is 2. The van der Waals surface area contributed by atoms with Gasteiger partial charge < -0.3 is 5.32 Å². The molecule has 8 rings (SSSR count). The van der Waals surface area contributed by atoms with E-state index in [1.807, 2.05) is 49.4 Å². The summed E-state index contributed by atoms with van der Waals surface area (Å²) in [6.45, 7) is 16.0. The fraction of sp³-hybridized carbons (Fsp3) is 0.400. The van der Waals surface area contributed by atoms with Crippen molar-refractivity contribution in [2.75, 3.05) is 26.2 Å². The van der Waals surface area contributed by atoms with Crippen molar-refractivity contribution in [1.29, 1.82) is 0 Å². The minimum Gasteiger partial charge on any atom is -0.316 e. The Kier molecular flexibility index (Phi) is 9.86. The van der Waals surface area contributed by atoms with Crippen LogP contribution in [-0.2, 0) is 0 Å². The van der Waals surface area contributed by atoms with Crippen LogP contribution in [0.4, 0.5) is 0 Å². The lowest BCUT2D eigenvalue weighted by molar-refractivity contribution is 0.0205. The van der Waals surface area contributed by atoms with Crippen LogP contribution in [0.2, 0.25) is 0 Å². The Morgan fingerprint density at radius 2 is 1.54 bits per heavy atom. The quantitative estimate of drug-likeness (QED) is 0.163. The number of hydrogen-bond acceptors (Lipinski definition) is 6.